The first kappa shape index (κ1) is 20.1. The van der Waals surface area contributed by atoms with Crippen LogP contribution in [-0.4, -0.2) is 59.1 Å². The molecule has 1 amide bonds. The lowest BCUT2D eigenvalue weighted by Crippen LogP contribution is -2.68. The Hall–Kier alpha value is -1.83. The molecule has 4 heteroatoms. The number of benzene rings is 1. The lowest BCUT2D eigenvalue weighted by molar-refractivity contribution is -0.137. The summed E-state index contributed by atoms with van der Waals surface area (Å²) in [5.74, 6) is 8.33. The molecule has 4 nitrogen and oxygen atoms in total. The van der Waals surface area contributed by atoms with Crippen LogP contribution in [0.15, 0.2) is 24.3 Å². The molecular formula is C26H34N2O2. The van der Waals surface area contributed by atoms with Crippen LogP contribution in [0.2, 0.25) is 0 Å². The lowest BCUT2D eigenvalue weighted by Gasteiger charge is -2.57. The molecule has 5 rings (SSSR count). The van der Waals surface area contributed by atoms with Crippen molar-refractivity contribution >= 4 is 5.91 Å². The molecule has 2 heterocycles. The second kappa shape index (κ2) is 8.73. The van der Waals surface area contributed by atoms with Crippen LogP contribution in [0, 0.1) is 23.7 Å². The molecule has 2 aliphatic heterocycles. The molecule has 4 fully saturated rings. The topological polar surface area (TPSA) is 43.8 Å². The molecule has 0 bridgehead atoms. The summed E-state index contributed by atoms with van der Waals surface area (Å²) in [7, 11) is 0. The van der Waals surface area contributed by atoms with E-state index in [1.165, 1.54) is 31.2 Å². The Balaban J connectivity index is 1.32. The maximum Gasteiger partial charge on any atom is 0.225 e. The van der Waals surface area contributed by atoms with Gasteiger partial charge in [-0.1, -0.05) is 36.8 Å². The minimum atomic E-state index is 0.168. The molecule has 1 N–H and O–H groups in total. The van der Waals surface area contributed by atoms with Gasteiger partial charge in [-0.15, -0.1) is 0 Å². The molecule has 0 spiro atoms. The molecule has 4 aliphatic rings. The van der Waals surface area contributed by atoms with Gasteiger partial charge in [0.2, 0.25) is 5.91 Å². The summed E-state index contributed by atoms with van der Waals surface area (Å²) in [6.45, 7) is 2.91. The maximum atomic E-state index is 12.8. The van der Waals surface area contributed by atoms with Crippen LogP contribution in [0.5, 0.6) is 0 Å². The predicted octanol–water partition coefficient (Wildman–Crippen LogP) is 3.39. The van der Waals surface area contributed by atoms with Gasteiger partial charge in [0.25, 0.3) is 0 Å². The number of carbonyl (C=O) groups excluding carboxylic acids is 1. The number of aliphatic hydroxyl groups excluding tert-OH is 1. The highest BCUT2D eigenvalue weighted by Gasteiger charge is 2.50. The van der Waals surface area contributed by atoms with Crippen molar-refractivity contribution in [2.75, 3.05) is 26.2 Å². The van der Waals surface area contributed by atoms with E-state index in [1.54, 1.807) is 0 Å². The fraction of sp³-hybridized carbons (Fsp3) is 0.654. The van der Waals surface area contributed by atoms with E-state index in [1.807, 2.05) is 0 Å². The van der Waals surface area contributed by atoms with Gasteiger partial charge in [-0.2, -0.15) is 0 Å². The fourth-order valence-corrected chi connectivity index (χ4v) is 5.77. The van der Waals surface area contributed by atoms with E-state index in [0.29, 0.717) is 23.8 Å². The highest BCUT2D eigenvalue weighted by atomic mass is 16.3. The van der Waals surface area contributed by atoms with Crippen LogP contribution < -0.4 is 0 Å². The Kier molecular flexibility index (Phi) is 5.85. The van der Waals surface area contributed by atoms with Crippen LogP contribution in [0.25, 0.3) is 0 Å². The predicted molar refractivity (Wildman–Crippen MR) is 118 cm³/mol. The third-order valence-electron chi connectivity index (χ3n) is 7.68. The zero-order valence-corrected chi connectivity index (χ0v) is 17.9. The number of nitrogens with zero attached hydrogens (tertiary/aromatic N) is 2. The number of hydrogen-bond donors (Lipinski definition) is 1. The lowest BCUT2D eigenvalue weighted by atomic mass is 9.74. The van der Waals surface area contributed by atoms with Crippen LogP contribution in [0.4, 0.5) is 0 Å². The molecule has 0 unspecified atom stereocenters. The summed E-state index contributed by atoms with van der Waals surface area (Å²) < 4.78 is 0. The van der Waals surface area contributed by atoms with E-state index in [9.17, 15) is 9.90 Å². The zero-order valence-electron chi connectivity index (χ0n) is 17.9. The van der Waals surface area contributed by atoms with Crippen LogP contribution in [0.3, 0.4) is 0 Å². The van der Waals surface area contributed by atoms with Crippen LogP contribution in [-0.2, 0) is 4.79 Å². The zero-order chi connectivity index (χ0) is 20.5. The second-order valence-electron chi connectivity index (χ2n) is 9.72. The molecule has 160 valence electrons. The van der Waals surface area contributed by atoms with E-state index < -0.39 is 0 Å². The Morgan fingerprint density at radius 2 is 1.73 bits per heavy atom. The average molecular weight is 407 g/mol. The largest absolute Gasteiger partial charge is 0.395 e. The van der Waals surface area contributed by atoms with E-state index in [-0.39, 0.29) is 18.6 Å². The van der Waals surface area contributed by atoms with Crippen molar-refractivity contribution in [3.63, 3.8) is 0 Å². The van der Waals surface area contributed by atoms with Gasteiger partial charge in [-0.25, -0.2) is 0 Å². The van der Waals surface area contributed by atoms with Gasteiger partial charge in [0.05, 0.1) is 6.61 Å². The van der Waals surface area contributed by atoms with Crippen molar-refractivity contribution in [2.45, 2.75) is 69.4 Å². The number of carbonyl (C=O) groups is 1. The number of hydrogen-bond acceptors (Lipinski definition) is 3. The third kappa shape index (κ3) is 4.03. The number of aliphatic hydroxyl groups is 1. The van der Waals surface area contributed by atoms with E-state index in [2.05, 4.69) is 45.9 Å². The maximum absolute atomic E-state index is 12.8. The normalized spacial score (nSPS) is 29.9. The Bertz CT molecular complexity index is 814. The highest BCUT2D eigenvalue weighted by Crippen LogP contribution is 2.42. The van der Waals surface area contributed by atoms with Crippen molar-refractivity contribution in [3.8, 4) is 11.8 Å². The summed E-state index contributed by atoms with van der Waals surface area (Å²) in [5, 5.41) is 10.1. The van der Waals surface area contributed by atoms with E-state index in [4.69, 9.17) is 0 Å². The first-order valence-corrected chi connectivity index (χ1v) is 12.0. The molecule has 2 aliphatic carbocycles. The van der Waals surface area contributed by atoms with Gasteiger partial charge < -0.3 is 10.0 Å². The smallest absolute Gasteiger partial charge is 0.225 e. The SMILES string of the molecule is O=C(C1CC1)N1CCCCN2[C@H](CO)[C@H](c3ccc(C#CC4CCCC4)cc3)[C@H]2C1. The van der Waals surface area contributed by atoms with Crippen molar-refractivity contribution in [2.24, 2.45) is 11.8 Å². The standard InChI is InChI=1S/C26H34N2O2/c29-18-24-25(21-11-9-20(10-12-21)8-7-19-5-1-2-6-19)23-17-27(26(30)22-13-14-22)15-3-4-16-28(23)24/h9-12,19,22-25,29H,1-6,13-18H2/t23-,24-,25-/m1/s1. The van der Waals surface area contributed by atoms with E-state index in [0.717, 1.165) is 50.9 Å². The van der Waals surface area contributed by atoms with Gasteiger partial charge in [0.1, 0.15) is 0 Å². The van der Waals surface area contributed by atoms with E-state index >= 15 is 0 Å². The molecule has 1 aromatic rings. The minimum Gasteiger partial charge on any atom is -0.395 e. The number of amides is 1. The van der Waals surface area contributed by atoms with Crippen molar-refractivity contribution < 1.29 is 9.90 Å². The van der Waals surface area contributed by atoms with Crippen LogP contribution in [0.1, 0.15) is 68.4 Å². The van der Waals surface area contributed by atoms with Crippen molar-refractivity contribution in [1.29, 1.82) is 0 Å². The molecule has 30 heavy (non-hydrogen) atoms. The molecular weight excluding hydrogens is 372 g/mol. The second-order valence-corrected chi connectivity index (χ2v) is 9.72. The Morgan fingerprint density at radius 3 is 2.43 bits per heavy atom. The molecule has 0 radical (unpaired) electrons. The van der Waals surface area contributed by atoms with Crippen molar-refractivity contribution in [3.05, 3.63) is 35.4 Å². The molecule has 3 atom stereocenters. The minimum absolute atomic E-state index is 0.168. The number of fused-ring (bicyclic) bond motifs is 1. The molecule has 1 aromatic carbocycles. The van der Waals surface area contributed by atoms with Gasteiger partial charge in [-0.3, -0.25) is 9.69 Å². The third-order valence-corrected chi connectivity index (χ3v) is 7.68. The van der Waals surface area contributed by atoms with Gasteiger partial charge in [0, 0.05) is 48.5 Å². The fourth-order valence-electron chi connectivity index (χ4n) is 5.77. The summed E-state index contributed by atoms with van der Waals surface area (Å²) in [6, 6.07) is 9.18. The van der Waals surface area contributed by atoms with Crippen molar-refractivity contribution in [1.82, 2.24) is 9.80 Å². The van der Waals surface area contributed by atoms with Gasteiger partial charge >= 0.3 is 0 Å². The molecule has 2 saturated heterocycles. The number of rotatable bonds is 3. The molecule has 2 saturated carbocycles. The summed E-state index contributed by atoms with van der Waals surface area (Å²) in [6.07, 6.45) is 9.44. The van der Waals surface area contributed by atoms with Gasteiger partial charge in [0.15, 0.2) is 0 Å². The van der Waals surface area contributed by atoms with Gasteiger partial charge in [-0.05, 0) is 62.8 Å². The summed E-state index contributed by atoms with van der Waals surface area (Å²) in [4.78, 5) is 17.3. The summed E-state index contributed by atoms with van der Waals surface area (Å²) in [5.41, 5.74) is 2.37. The average Bonchev–Trinajstić information content (AvgIpc) is 3.47. The first-order chi connectivity index (χ1) is 14.7. The quantitative estimate of drug-likeness (QED) is 0.783. The Morgan fingerprint density at radius 1 is 1.00 bits per heavy atom. The monoisotopic (exact) mass is 406 g/mol. The molecule has 0 aromatic heterocycles. The van der Waals surface area contributed by atoms with Crippen LogP contribution >= 0.6 is 0 Å². The summed E-state index contributed by atoms with van der Waals surface area (Å²) >= 11 is 0. The Labute approximate surface area is 180 Å². The highest BCUT2D eigenvalue weighted by molar-refractivity contribution is 5.81. The first-order valence-electron chi connectivity index (χ1n) is 12.0.